The summed E-state index contributed by atoms with van der Waals surface area (Å²) in [7, 11) is 0. The van der Waals surface area contributed by atoms with Crippen molar-refractivity contribution in [2.24, 2.45) is 0 Å². The second-order valence-corrected chi connectivity index (χ2v) is 6.66. The van der Waals surface area contributed by atoms with E-state index in [-0.39, 0.29) is 11.7 Å². The quantitative estimate of drug-likeness (QED) is 0.482. The van der Waals surface area contributed by atoms with E-state index < -0.39 is 0 Å². The van der Waals surface area contributed by atoms with E-state index in [0.29, 0.717) is 16.9 Å². The molecule has 4 aromatic carbocycles. The minimum Gasteiger partial charge on any atom is -0.506 e. The number of fused-ring (bicyclic) bond motifs is 2. The molecule has 1 amide bonds. The van der Waals surface area contributed by atoms with E-state index in [1.165, 1.54) is 10.9 Å². The molecule has 6 heteroatoms. The molecular weight excluding hydrogens is 364 g/mol. The summed E-state index contributed by atoms with van der Waals surface area (Å²) < 4.78 is 0. The Morgan fingerprint density at radius 2 is 1.52 bits per heavy atom. The van der Waals surface area contributed by atoms with Gasteiger partial charge in [0.15, 0.2) is 0 Å². The molecule has 1 aromatic heterocycles. The minimum absolute atomic E-state index is 0.0268. The Morgan fingerprint density at radius 3 is 2.28 bits per heavy atom. The molecule has 6 nitrogen and oxygen atoms in total. The molecule has 0 atom stereocenters. The molecule has 5 rings (SSSR count). The van der Waals surface area contributed by atoms with Gasteiger partial charge < -0.3 is 10.4 Å². The van der Waals surface area contributed by atoms with Gasteiger partial charge >= 0.3 is 0 Å². The van der Waals surface area contributed by atoms with Gasteiger partial charge in [0.25, 0.3) is 5.91 Å². The molecule has 0 spiro atoms. The number of carbonyl (C=O) groups excluding carboxylic acids is 1. The number of amides is 1. The standard InChI is InChI=1S/C23H16N4O2/c28-22-14-16(12-13-21(22)27-25-19-10-3-4-11-20(19)26-27)24-23(29)18-9-5-7-15-6-1-2-8-17(15)18/h1-14,28H,(H,24,29). The minimum atomic E-state index is -0.239. The maximum absolute atomic E-state index is 12.8. The van der Waals surface area contributed by atoms with Gasteiger partial charge in [-0.1, -0.05) is 48.5 Å². The SMILES string of the molecule is O=C(Nc1ccc(-n2nc3ccccc3n2)c(O)c1)c1cccc2ccccc12. The van der Waals surface area contributed by atoms with Crippen LogP contribution in [-0.2, 0) is 0 Å². The van der Waals surface area contributed by atoms with E-state index in [1.807, 2.05) is 60.7 Å². The van der Waals surface area contributed by atoms with Crippen molar-refractivity contribution in [2.45, 2.75) is 0 Å². The van der Waals surface area contributed by atoms with Crippen molar-refractivity contribution >= 4 is 33.4 Å². The number of hydrogen-bond acceptors (Lipinski definition) is 4. The lowest BCUT2D eigenvalue weighted by Crippen LogP contribution is -2.12. The number of phenolic OH excluding ortho intramolecular Hbond substituents is 1. The van der Waals surface area contributed by atoms with Gasteiger partial charge in [-0.3, -0.25) is 4.79 Å². The zero-order valence-corrected chi connectivity index (χ0v) is 15.3. The first-order valence-electron chi connectivity index (χ1n) is 9.14. The van der Waals surface area contributed by atoms with Gasteiger partial charge in [0, 0.05) is 17.3 Å². The van der Waals surface area contributed by atoms with E-state index >= 15 is 0 Å². The molecule has 0 aliphatic heterocycles. The average Bonchev–Trinajstić information content (AvgIpc) is 3.17. The Kier molecular flexibility index (Phi) is 3.95. The number of phenols is 1. The van der Waals surface area contributed by atoms with E-state index in [1.54, 1.807) is 18.2 Å². The average molecular weight is 380 g/mol. The van der Waals surface area contributed by atoms with Crippen LogP contribution in [0.2, 0.25) is 0 Å². The first-order chi connectivity index (χ1) is 14.2. The van der Waals surface area contributed by atoms with Crippen molar-refractivity contribution in [3.8, 4) is 11.4 Å². The van der Waals surface area contributed by atoms with Crippen LogP contribution in [0.4, 0.5) is 5.69 Å². The number of aromatic nitrogens is 3. The maximum Gasteiger partial charge on any atom is 0.256 e. The zero-order chi connectivity index (χ0) is 19.8. The number of hydrogen-bond donors (Lipinski definition) is 2. The van der Waals surface area contributed by atoms with E-state index in [9.17, 15) is 9.90 Å². The molecule has 0 saturated heterocycles. The summed E-state index contributed by atoms with van der Waals surface area (Å²) in [6, 6.07) is 25.7. The van der Waals surface area contributed by atoms with Crippen molar-refractivity contribution in [1.29, 1.82) is 0 Å². The summed E-state index contributed by atoms with van der Waals surface area (Å²) in [6.45, 7) is 0. The summed E-state index contributed by atoms with van der Waals surface area (Å²) in [4.78, 5) is 14.2. The van der Waals surface area contributed by atoms with Crippen LogP contribution < -0.4 is 5.32 Å². The molecule has 5 aromatic rings. The summed E-state index contributed by atoms with van der Waals surface area (Å²) in [5.41, 5.74) is 2.97. The number of nitrogens with zero attached hydrogens (tertiary/aromatic N) is 3. The summed E-state index contributed by atoms with van der Waals surface area (Å²) in [5.74, 6) is -0.266. The number of benzene rings is 4. The number of carbonyl (C=O) groups is 1. The van der Waals surface area contributed by atoms with Gasteiger partial charge in [0.2, 0.25) is 0 Å². The fraction of sp³-hybridized carbons (Fsp3) is 0. The fourth-order valence-corrected chi connectivity index (χ4v) is 3.36. The molecule has 0 aliphatic carbocycles. The van der Waals surface area contributed by atoms with Gasteiger partial charge in [-0.2, -0.15) is 0 Å². The highest BCUT2D eigenvalue weighted by molar-refractivity contribution is 6.13. The van der Waals surface area contributed by atoms with Crippen molar-refractivity contribution in [1.82, 2.24) is 15.0 Å². The van der Waals surface area contributed by atoms with Crippen LogP contribution in [0, 0.1) is 0 Å². The van der Waals surface area contributed by atoms with Gasteiger partial charge in [-0.25, -0.2) is 0 Å². The molecule has 2 N–H and O–H groups in total. The van der Waals surface area contributed by atoms with Crippen LogP contribution in [0.25, 0.3) is 27.5 Å². The Hall–Kier alpha value is -4.19. The first kappa shape index (κ1) is 16.9. The van der Waals surface area contributed by atoms with Crippen molar-refractivity contribution in [3.05, 3.63) is 90.5 Å². The third kappa shape index (κ3) is 3.06. The zero-order valence-electron chi connectivity index (χ0n) is 15.3. The smallest absolute Gasteiger partial charge is 0.256 e. The molecule has 0 unspecified atom stereocenters. The van der Waals surface area contributed by atoms with Crippen LogP contribution in [0.5, 0.6) is 5.75 Å². The molecule has 0 saturated carbocycles. The first-order valence-corrected chi connectivity index (χ1v) is 9.14. The molecule has 0 fully saturated rings. The lowest BCUT2D eigenvalue weighted by Gasteiger charge is -2.10. The molecule has 1 heterocycles. The second-order valence-electron chi connectivity index (χ2n) is 6.66. The Balaban J connectivity index is 1.45. The lowest BCUT2D eigenvalue weighted by molar-refractivity contribution is 0.102. The lowest BCUT2D eigenvalue weighted by atomic mass is 10.0. The van der Waals surface area contributed by atoms with E-state index in [2.05, 4.69) is 15.5 Å². The highest BCUT2D eigenvalue weighted by Crippen LogP contribution is 2.26. The maximum atomic E-state index is 12.8. The normalized spacial score (nSPS) is 11.0. The predicted molar refractivity (Wildman–Crippen MR) is 112 cm³/mol. The van der Waals surface area contributed by atoms with Crippen molar-refractivity contribution in [3.63, 3.8) is 0 Å². The third-order valence-corrected chi connectivity index (χ3v) is 4.77. The van der Waals surface area contributed by atoms with Gasteiger partial charge in [-0.15, -0.1) is 15.0 Å². The Labute approximate surface area is 166 Å². The van der Waals surface area contributed by atoms with Gasteiger partial charge in [0.05, 0.1) is 0 Å². The number of aromatic hydroxyl groups is 1. The summed E-state index contributed by atoms with van der Waals surface area (Å²) in [6.07, 6.45) is 0. The number of rotatable bonds is 3. The number of anilines is 1. The van der Waals surface area contributed by atoms with Gasteiger partial charge in [0.1, 0.15) is 22.5 Å². The largest absolute Gasteiger partial charge is 0.506 e. The van der Waals surface area contributed by atoms with Crippen LogP contribution in [-0.4, -0.2) is 26.0 Å². The monoisotopic (exact) mass is 380 g/mol. The molecule has 0 bridgehead atoms. The summed E-state index contributed by atoms with van der Waals surface area (Å²) in [5, 5.41) is 23.9. The third-order valence-electron chi connectivity index (χ3n) is 4.77. The van der Waals surface area contributed by atoms with Crippen molar-refractivity contribution in [2.75, 3.05) is 5.32 Å². The molecule has 29 heavy (non-hydrogen) atoms. The topological polar surface area (TPSA) is 80.0 Å². The van der Waals surface area contributed by atoms with Crippen LogP contribution in [0.1, 0.15) is 10.4 Å². The van der Waals surface area contributed by atoms with E-state index in [4.69, 9.17) is 0 Å². The van der Waals surface area contributed by atoms with Crippen LogP contribution in [0.15, 0.2) is 84.9 Å². The number of nitrogens with one attached hydrogen (secondary N) is 1. The highest BCUT2D eigenvalue weighted by atomic mass is 16.3. The van der Waals surface area contributed by atoms with Gasteiger partial charge in [-0.05, 0) is 41.1 Å². The fourth-order valence-electron chi connectivity index (χ4n) is 3.36. The van der Waals surface area contributed by atoms with Crippen LogP contribution in [0.3, 0.4) is 0 Å². The van der Waals surface area contributed by atoms with Crippen molar-refractivity contribution < 1.29 is 9.90 Å². The second kappa shape index (κ2) is 6.76. The van der Waals surface area contributed by atoms with E-state index in [0.717, 1.165) is 21.8 Å². The van der Waals surface area contributed by atoms with Crippen LogP contribution >= 0.6 is 0 Å². The molecule has 140 valence electrons. The molecular formula is C23H16N4O2. The Bertz CT molecular complexity index is 1340. The highest BCUT2D eigenvalue weighted by Gasteiger charge is 2.13. The summed E-state index contributed by atoms with van der Waals surface area (Å²) >= 11 is 0. The predicted octanol–water partition coefficient (Wildman–Crippen LogP) is 4.53. The molecule has 0 aliphatic rings. The molecule has 0 radical (unpaired) electrons. The Morgan fingerprint density at radius 1 is 0.828 bits per heavy atom.